The van der Waals surface area contributed by atoms with Gasteiger partial charge in [-0.3, -0.25) is 14.5 Å². The van der Waals surface area contributed by atoms with E-state index in [4.69, 9.17) is 0 Å². The molecule has 2 amide bonds. The second-order valence-corrected chi connectivity index (χ2v) is 8.40. The van der Waals surface area contributed by atoms with Gasteiger partial charge in [0.25, 0.3) is 5.91 Å². The maximum atomic E-state index is 13.0. The van der Waals surface area contributed by atoms with Crippen LogP contribution in [-0.4, -0.2) is 64.9 Å². The number of amides is 2. The first kappa shape index (κ1) is 18.5. The summed E-state index contributed by atoms with van der Waals surface area (Å²) in [6.07, 6.45) is 4.14. The predicted molar refractivity (Wildman–Crippen MR) is 112 cm³/mol. The number of hydrogen-bond donors (Lipinski definition) is 1. The second kappa shape index (κ2) is 8.02. The number of aromatic nitrogens is 1. The van der Waals surface area contributed by atoms with Crippen LogP contribution in [0.25, 0.3) is 5.69 Å². The van der Waals surface area contributed by atoms with E-state index in [9.17, 15) is 9.59 Å². The van der Waals surface area contributed by atoms with Crippen molar-refractivity contribution in [3.63, 3.8) is 0 Å². The lowest BCUT2D eigenvalue weighted by Gasteiger charge is -2.34. The average Bonchev–Trinajstić information content (AvgIpc) is 3.33. The van der Waals surface area contributed by atoms with E-state index in [1.54, 1.807) is 0 Å². The third-order valence-electron chi connectivity index (χ3n) is 5.02. The normalized spacial score (nSPS) is 17.7. The molecule has 1 aliphatic heterocycles. The summed E-state index contributed by atoms with van der Waals surface area (Å²) in [5.74, 6) is 0.144. The Morgan fingerprint density at radius 3 is 2.56 bits per heavy atom. The Kier molecular flexibility index (Phi) is 5.49. The molecule has 1 saturated heterocycles. The van der Waals surface area contributed by atoms with Crippen molar-refractivity contribution in [1.29, 1.82) is 0 Å². The SMILES string of the molecule is O=C(CN1CCN(C(=O)c2cccn2-c2cccc(I)c2)CC1)NC1CC1. The molecule has 4 rings (SSSR count). The molecule has 0 bridgehead atoms. The summed E-state index contributed by atoms with van der Waals surface area (Å²) < 4.78 is 3.08. The number of benzene rings is 1. The van der Waals surface area contributed by atoms with Gasteiger partial charge in [-0.05, 0) is 65.8 Å². The van der Waals surface area contributed by atoms with Crippen LogP contribution >= 0.6 is 22.6 Å². The quantitative estimate of drug-likeness (QED) is 0.671. The van der Waals surface area contributed by atoms with Gasteiger partial charge >= 0.3 is 0 Å². The zero-order valence-corrected chi connectivity index (χ0v) is 17.3. The molecule has 2 fully saturated rings. The highest BCUT2D eigenvalue weighted by atomic mass is 127. The Morgan fingerprint density at radius 1 is 1.07 bits per heavy atom. The number of carbonyl (C=O) groups excluding carboxylic acids is 2. The molecule has 2 aliphatic rings. The molecule has 0 radical (unpaired) electrons. The summed E-state index contributed by atoms with van der Waals surface area (Å²) >= 11 is 2.28. The summed E-state index contributed by atoms with van der Waals surface area (Å²) in [5, 5.41) is 3.02. The summed E-state index contributed by atoms with van der Waals surface area (Å²) in [6, 6.07) is 12.3. The molecule has 1 N–H and O–H groups in total. The van der Waals surface area contributed by atoms with Crippen LogP contribution in [0.15, 0.2) is 42.6 Å². The molecule has 2 aromatic rings. The van der Waals surface area contributed by atoms with E-state index in [-0.39, 0.29) is 11.8 Å². The fourth-order valence-electron chi connectivity index (χ4n) is 3.38. The molecule has 0 spiro atoms. The van der Waals surface area contributed by atoms with E-state index in [2.05, 4.69) is 38.9 Å². The third-order valence-corrected chi connectivity index (χ3v) is 5.69. The topological polar surface area (TPSA) is 57.6 Å². The van der Waals surface area contributed by atoms with Gasteiger partial charge in [-0.1, -0.05) is 6.07 Å². The van der Waals surface area contributed by atoms with Gasteiger partial charge in [0.15, 0.2) is 0 Å². The molecule has 142 valence electrons. The van der Waals surface area contributed by atoms with Crippen LogP contribution in [0, 0.1) is 3.57 Å². The highest BCUT2D eigenvalue weighted by Crippen LogP contribution is 2.19. The van der Waals surface area contributed by atoms with Gasteiger partial charge in [-0.2, -0.15) is 0 Å². The van der Waals surface area contributed by atoms with Crippen LogP contribution in [0.3, 0.4) is 0 Å². The van der Waals surface area contributed by atoms with E-state index in [0.717, 1.165) is 35.2 Å². The van der Waals surface area contributed by atoms with Crippen LogP contribution < -0.4 is 5.32 Å². The highest BCUT2D eigenvalue weighted by Gasteiger charge is 2.27. The van der Waals surface area contributed by atoms with Crippen molar-refractivity contribution in [2.45, 2.75) is 18.9 Å². The van der Waals surface area contributed by atoms with Crippen LogP contribution in [0.1, 0.15) is 23.3 Å². The molecule has 2 heterocycles. The number of nitrogens with one attached hydrogen (secondary N) is 1. The summed E-state index contributed by atoms with van der Waals surface area (Å²) in [6.45, 7) is 3.18. The molecule has 6 nitrogen and oxygen atoms in total. The molecular weight excluding hydrogens is 455 g/mol. The Balaban J connectivity index is 1.37. The van der Waals surface area contributed by atoms with Crippen molar-refractivity contribution in [2.75, 3.05) is 32.7 Å². The zero-order valence-electron chi connectivity index (χ0n) is 15.1. The van der Waals surface area contributed by atoms with Gasteiger partial charge in [0.2, 0.25) is 5.91 Å². The lowest BCUT2D eigenvalue weighted by molar-refractivity contribution is -0.122. The number of nitrogens with zero attached hydrogens (tertiary/aromatic N) is 3. The minimum absolute atomic E-state index is 0.0425. The monoisotopic (exact) mass is 478 g/mol. The van der Waals surface area contributed by atoms with Gasteiger partial charge in [0.1, 0.15) is 5.69 Å². The standard InChI is InChI=1S/C20H23IN4O2/c21-15-3-1-4-17(13-15)25-8-2-5-18(25)20(27)24-11-9-23(10-12-24)14-19(26)22-16-6-7-16/h1-5,8,13,16H,6-7,9-12,14H2,(H,22,26). The molecular formula is C20H23IN4O2. The van der Waals surface area contributed by atoms with Crippen LogP contribution in [-0.2, 0) is 4.79 Å². The molecule has 1 aromatic carbocycles. The summed E-state index contributed by atoms with van der Waals surface area (Å²) in [4.78, 5) is 29.0. The Hall–Kier alpha value is -1.87. The molecule has 0 atom stereocenters. The van der Waals surface area contributed by atoms with Crippen molar-refractivity contribution in [3.8, 4) is 5.69 Å². The number of halogens is 1. The van der Waals surface area contributed by atoms with Crippen LogP contribution in [0.5, 0.6) is 0 Å². The van der Waals surface area contributed by atoms with E-state index in [0.29, 0.717) is 31.4 Å². The average molecular weight is 478 g/mol. The molecule has 0 unspecified atom stereocenters. The Morgan fingerprint density at radius 2 is 1.85 bits per heavy atom. The number of piperazine rings is 1. The van der Waals surface area contributed by atoms with Crippen LogP contribution in [0.4, 0.5) is 0 Å². The molecule has 27 heavy (non-hydrogen) atoms. The minimum Gasteiger partial charge on any atom is -0.352 e. The van der Waals surface area contributed by atoms with Gasteiger partial charge < -0.3 is 14.8 Å². The largest absolute Gasteiger partial charge is 0.352 e. The van der Waals surface area contributed by atoms with E-state index >= 15 is 0 Å². The first-order valence-corrected chi connectivity index (χ1v) is 10.4. The van der Waals surface area contributed by atoms with Crippen LogP contribution in [0.2, 0.25) is 0 Å². The maximum Gasteiger partial charge on any atom is 0.270 e. The van der Waals surface area contributed by atoms with Crippen molar-refractivity contribution < 1.29 is 9.59 Å². The first-order chi connectivity index (χ1) is 13.1. The Labute approximate surface area is 172 Å². The first-order valence-electron chi connectivity index (χ1n) is 9.34. The minimum atomic E-state index is 0.0425. The van der Waals surface area contributed by atoms with Gasteiger partial charge in [0.05, 0.1) is 6.54 Å². The van der Waals surface area contributed by atoms with E-state index < -0.39 is 0 Å². The number of carbonyl (C=O) groups is 2. The lowest BCUT2D eigenvalue weighted by Crippen LogP contribution is -2.51. The fourth-order valence-corrected chi connectivity index (χ4v) is 3.91. The van der Waals surface area contributed by atoms with Crippen molar-refractivity contribution in [1.82, 2.24) is 19.7 Å². The van der Waals surface area contributed by atoms with Crippen molar-refractivity contribution in [3.05, 3.63) is 51.9 Å². The Bertz CT molecular complexity index is 838. The molecule has 1 saturated carbocycles. The number of hydrogen-bond acceptors (Lipinski definition) is 3. The highest BCUT2D eigenvalue weighted by molar-refractivity contribution is 14.1. The molecule has 7 heteroatoms. The fraction of sp³-hybridized carbons (Fsp3) is 0.400. The van der Waals surface area contributed by atoms with Gasteiger partial charge in [-0.15, -0.1) is 0 Å². The van der Waals surface area contributed by atoms with Crippen molar-refractivity contribution in [2.24, 2.45) is 0 Å². The number of rotatable bonds is 5. The van der Waals surface area contributed by atoms with Gasteiger partial charge in [0, 0.05) is 47.7 Å². The summed E-state index contributed by atoms with van der Waals surface area (Å²) in [7, 11) is 0. The second-order valence-electron chi connectivity index (χ2n) is 7.15. The van der Waals surface area contributed by atoms with Crippen molar-refractivity contribution >= 4 is 34.4 Å². The predicted octanol–water partition coefficient (Wildman–Crippen LogP) is 2.12. The maximum absolute atomic E-state index is 13.0. The molecule has 1 aromatic heterocycles. The smallest absolute Gasteiger partial charge is 0.270 e. The third kappa shape index (κ3) is 4.52. The van der Waals surface area contributed by atoms with E-state index in [1.165, 1.54) is 0 Å². The zero-order chi connectivity index (χ0) is 18.8. The summed E-state index contributed by atoms with van der Waals surface area (Å²) in [5.41, 5.74) is 1.67. The van der Waals surface area contributed by atoms with Gasteiger partial charge in [-0.25, -0.2) is 0 Å². The lowest BCUT2D eigenvalue weighted by atomic mass is 10.2. The molecule has 1 aliphatic carbocycles. The van der Waals surface area contributed by atoms with E-state index in [1.807, 2.05) is 46.0 Å².